The van der Waals surface area contributed by atoms with Crippen molar-refractivity contribution in [3.8, 4) is 17.2 Å². The van der Waals surface area contributed by atoms with Crippen LogP contribution in [0.4, 0.5) is 22.0 Å². The average molecular weight is 1870 g/mol. The van der Waals surface area contributed by atoms with Crippen molar-refractivity contribution >= 4 is 181 Å². The highest BCUT2D eigenvalue weighted by Crippen LogP contribution is 2.36. The molecule has 5 aromatic heterocycles. The van der Waals surface area contributed by atoms with E-state index in [4.69, 9.17) is 72.2 Å². The number of aromatic nitrogens is 5. The maximum Gasteiger partial charge on any atom is 0.516 e. The second-order valence-corrected chi connectivity index (χ2v) is 33.6. The number of fused-ring (bicyclic) bond motifs is 5. The highest BCUT2D eigenvalue weighted by atomic mass is 35.5. The highest BCUT2D eigenvalue weighted by Gasteiger charge is 2.47. The molecule has 0 unspecified atom stereocenters. The van der Waals surface area contributed by atoms with Crippen molar-refractivity contribution < 1.29 is 92.5 Å². The molecule has 129 heavy (non-hydrogen) atoms. The smallest absolute Gasteiger partial charge is 0.497 e. The average Bonchev–Trinajstić information content (AvgIpc) is 1.60. The first-order valence-corrected chi connectivity index (χ1v) is 42.8. The van der Waals surface area contributed by atoms with Gasteiger partial charge in [0.2, 0.25) is 5.91 Å². The number of rotatable bonds is 21. The SMILES string of the molecule is CC(=O)CCc1c(C)c2cc(F)ccc2n1C(=O)c1ccc(Cl)cc1.CC(=O)Cc1cn(C(=O)c2ccc(Cl)cc2)c2ccc(F)cc12.COc1ccc2c(c1)c(C)c(CCC(C)=O)n2C(=O)c1ccc(Cl)cc1.COc1ccc2c(c1)c(CC(=O)NS(=O)(=O)C(F)(F)F)cn2C(=O)c1ccc(Cl)cc1.COc1ccc2c(c1)c(CC(C)=O)cn2C(=O)c1ccc(Cl)cc1. The molecule has 0 aliphatic heterocycles. The van der Waals surface area contributed by atoms with Gasteiger partial charge in [-0.25, -0.2) is 13.5 Å². The zero-order valence-corrected chi connectivity index (χ0v) is 75.0. The number of halogens is 10. The van der Waals surface area contributed by atoms with Gasteiger partial charge in [-0.1, -0.05) is 58.0 Å². The monoisotopic (exact) mass is 1870 g/mol. The molecule has 0 radical (unpaired) electrons. The number of amides is 1. The predicted octanol–water partition coefficient (Wildman–Crippen LogP) is 21.7. The molecule has 32 heteroatoms. The minimum Gasteiger partial charge on any atom is -0.497 e. The fourth-order valence-corrected chi connectivity index (χ4v) is 15.4. The first-order chi connectivity index (χ1) is 61.2. The third-order valence-corrected chi connectivity index (χ3v) is 23.0. The number of hydrogen-bond acceptors (Lipinski definition) is 15. The summed E-state index contributed by atoms with van der Waals surface area (Å²) >= 11 is 29.4. The molecule has 0 saturated heterocycles. The lowest BCUT2D eigenvalue weighted by Gasteiger charge is -2.10. The van der Waals surface area contributed by atoms with Gasteiger partial charge < -0.3 is 23.8 Å². The van der Waals surface area contributed by atoms with Crippen molar-refractivity contribution in [2.75, 3.05) is 21.3 Å². The molecule has 0 bridgehead atoms. The summed E-state index contributed by atoms with van der Waals surface area (Å²) in [5.41, 5.74) is 4.72. The molecule has 0 atom stereocenters. The fraction of sp³-hybridized carbons (Fsp3) is 0.175. The van der Waals surface area contributed by atoms with E-state index >= 15 is 0 Å². The maximum absolute atomic E-state index is 13.7. The number of benzene rings is 10. The molecular formula is C97H80Cl5F5N6O15S. The van der Waals surface area contributed by atoms with Crippen molar-refractivity contribution in [1.29, 1.82) is 0 Å². The number of aryl methyl sites for hydroxylation is 2. The molecule has 0 saturated carbocycles. The summed E-state index contributed by atoms with van der Waals surface area (Å²) in [6.45, 7) is 9.90. The number of Topliss-reactive ketones (excluding diaryl/α,β-unsaturated/α-hetero) is 4. The molecule has 0 spiro atoms. The molecular weight excluding hydrogens is 1790 g/mol. The van der Waals surface area contributed by atoms with Crippen LogP contribution in [0.3, 0.4) is 0 Å². The minimum atomic E-state index is -5.85. The molecule has 0 aliphatic carbocycles. The summed E-state index contributed by atoms with van der Waals surface area (Å²) in [7, 11) is -1.26. The normalized spacial score (nSPS) is 11.2. The largest absolute Gasteiger partial charge is 0.516 e. The van der Waals surface area contributed by atoms with E-state index in [0.29, 0.717) is 123 Å². The second-order valence-electron chi connectivity index (χ2n) is 29.7. The lowest BCUT2D eigenvalue weighted by molar-refractivity contribution is -0.119. The Balaban J connectivity index is 0.000000157. The molecule has 10 aromatic carbocycles. The van der Waals surface area contributed by atoms with Crippen LogP contribution in [-0.4, -0.2) is 117 Å². The van der Waals surface area contributed by atoms with Gasteiger partial charge in [-0.3, -0.25) is 61.2 Å². The quantitative estimate of drug-likeness (QED) is 0.0655. The van der Waals surface area contributed by atoms with E-state index in [9.17, 15) is 78.3 Å². The van der Waals surface area contributed by atoms with Gasteiger partial charge in [-0.2, -0.15) is 21.6 Å². The lowest BCUT2D eigenvalue weighted by atomic mass is 10.1. The van der Waals surface area contributed by atoms with Crippen LogP contribution < -0.4 is 18.9 Å². The van der Waals surface area contributed by atoms with Crippen LogP contribution in [0.15, 0.2) is 231 Å². The van der Waals surface area contributed by atoms with Crippen LogP contribution in [0.2, 0.25) is 25.1 Å². The van der Waals surface area contributed by atoms with Gasteiger partial charge in [0.05, 0.1) is 55.3 Å². The summed E-state index contributed by atoms with van der Waals surface area (Å²) in [5, 5.41) is 6.04. The Morgan fingerprint density at radius 2 is 0.612 bits per heavy atom. The van der Waals surface area contributed by atoms with E-state index in [1.54, 1.807) is 169 Å². The van der Waals surface area contributed by atoms with E-state index in [1.165, 1.54) is 104 Å². The Kier molecular flexibility index (Phi) is 31.2. The molecule has 15 rings (SSSR count). The van der Waals surface area contributed by atoms with Gasteiger partial charge >= 0.3 is 15.5 Å². The van der Waals surface area contributed by atoms with Gasteiger partial charge in [0.25, 0.3) is 29.5 Å². The number of ketones is 4. The molecule has 0 fully saturated rings. The van der Waals surface area contributed by atoms with Crippen LogP contribution in [0, 0.1) is 25.5 Å². The fourth-order valence-electron chi connectivity index (χ4n) is 14.3. The van der Waals surface area contributed by atoms with Crippen molar-refractivity contribution in [3.05, 3.63) is 335 Å². The summed E-state index contributed by atoms with van der Waals surface area (Å²) < 4.78 is 111. The van der Waals surface area contributed by atoms with Crippen LogP contribution in [0.25, 0.3) is 54.5 Å². The Labute approximate surface area is 761 Å². The minimum absolute atomic E-state index is 0.0378. The molecule has 5 heterocycles. The number of hydrogen-bond donors (Lipinski definition) is 1. The Hall–Kier alpha value is -13.2. The summed E-state index contributed by atoms with van der Waals surface area (Å²) in [4.78, 5) is 123. The number of methoxy groups -OCH3 is 3. The number of sulfonamides is 1. The summed E-state index contributed by atoms with van der Waals surface area (Å²) in [6.07, 6.45) is 5.95. The van der Waals surface area contributed by atoms with E-state index in [-0.39, 0.29) is 76.5 Å². The summed E-state index contributed by atoms with van der Waals surface area (Å²) in [6, 6.07) is 57.0. The van der Waals surface area contributed by atoms with E-state index in [1.807, 2.05) is 44.2 Å². The van der Waals surface area contributed by atoms with Crippen LogP contribution in [0.5, 0.6) is 17.2 Å². The first-order valence-electron chi connectivity index (χ1n) is 39.4. The van der Waals surface area contributed by atoms with Crippen molar-refractivity contribution in [3.63, 3.8) is 0 Å². The predicted molar refractivity (Wildman–Crippen MR) is 488 cm³/mol. The van der Waals surface area contributed by atoms with Gasteiger partial charge in [0, 0.05) is 136 Å². The Bertz CT molecular complexity index is 7000. The third kappa shape index (κ3) is 23.1. The van der Waals surface area contributed by atoms with Gasteiger partial charge in [0.15, 0.2) is 0 Å². The maximum atomic E-state index is 13.7. The molecule has 0 aliphatic rings. The van der Waals surface area contributed by atoms with E-state index in [0.717, 1.165) is 60.4 Å². The Morgan fingerprint density at radius 3 is 0.915 bits per heavy atom. The van der Waals surface area contributed by atoms with E-state index < -0.39 is 39.6 Å². The van der Waals surface area contributed by atoms with Crippen molar-refractivity contribution in [1.82, 2.24) is 27.6 Å². The standard InChI is InChI=1S/C21H20ClNO3.C20H17ClFNO2.C19H14ClF3N2O5S.C19H16ClNO3.C18H13ClFNO2/c1-13(24)4-10-19-14(2)18-12-17(26-3)9-11-20(18)23(19)21(25)15-5-7-16(22)8-6-15;1-12(24)3-9-18-13(2)17-11-16(22)8-10-19(17)23(18)20(25)14-4-6-15(21)7-5-14;1-30-14-6-7-16-15(9-14)12(8-17(26)24-31(28,29)19(21,22)23)10-25(16)18(27)11-2-4-13(20)5-3-11;1-12(22)9-14-11-21(18-8-7-16(24-2)10-17(14)18)19(23)13-3-5-15(20)6-4-13;1-11(22)8-13-10-21(17-7-6-15(20)9-16(13)17)18(23)12-2-4-14(19)5-3-12/h5-9,11-12H,4,10H2,1-3H3;4-8,10-11H,3,9H2,1-2H3;2-7,9-10H,8H2,1H3,(H,24,26);3-8,10-11H,9H2,1-2H3;2-7,9-10H,8H2,1H3. The Morgan fingerprint density at radius 1 is 0.349 bits per heavy atom. The number of carbonyl (C=O) groups excluding carboxylic acids is 10. The van der Waals surface area contributed by atoms with Gasteiger partial charge in [0.1, 0.15) is 52.0 Å². The highest BCUT2D eigenvalue weighted by molar-refractivity contribution is 7.90. The van der Waals surface area contributed by atoms with Crippen molar-refractivity contribution in [2.45, 2.75) is 92.0 Å². The second kappa shape index (κ2) is 41.7. The van der Waals surface area contributed by atoms with Gasteiger partial charge in [-0.15, -0.1) is 0 Å². The number of carbonyl (C=O) groups is 10. The molecule has 664 valence electrons. The zero-order chi connectivity index (χ0) is 93.8. The molecule has 1 amide bonds. The molecule has 1 N–H and O–H groups in total. The van der Waals surface area contributed by atoms with E-state index in [2.05, 4.69) is 0 Å². The van der Waals surface area contributed by atoms with Gasteiger partial charge in [-0.05, 0) is 295 Å². The number of nitrogens with one attached hydrogen (secondary N) is 1. The third-order valence-electron chi connectivity index (χ3n) is 20.6. The van der Waals surface area contributed by atoms with Crippen LogP contribution in [-0.2, 0) is 66.1 Å². The number of ether oxygens (including phenoxy) is 3. The molecule has 21 nitrogen and oxygen atoms in total. The van der Waals surface area contributed by atoms with Crippen LogP contribution >= 0.6 is 58.0 Å². The summed E-state index contributed by atoms with van der Waals surface area (Å²) in [5.74, 6) is -1.52. The molecule has 15 aromatic rings. The first kappa shape index (κ1) is 96.5. The van der Waals surface area contributed by atoms with Crippen molar-refractivity contribution in [2.24, 2.45) is 0 Å². The number of nitrogens with zero attached hydrogens (tertiary/aromatic N) is 5. The number of alkyl halides is 3. The lowest BCUT2D eigenvalue weighted by Crippen LogP contribution is -2.40. The zero-order valence-electron chi connectivity index (χ0n) is 70.4. The van der Waals surface area contributed by atoms with Crippen LogP contribution in [0.1, 0.15) is 132 Å². The topological polar surface area (TPSA) is 269 Å².